The first-order chi connectivity index (χ1) is 8.99. The first-order valence-corrected chi connectivity index (χ1v) is 6.72. The van der Waals surface area contributed by atoms with Gasteiger partial charge in [0.2, 0.25) is 0 Å². The lowest BCUT2D eigenvalue weighted by Gasteiger charge is -2.14. The second kappa shape index (κ2) is 6.92. The summed E-state index contributed by atoms with van der Waals surface area (Å²) in [6.07, 6.45) is 1.63. The van der Waals surface area contributed by atoms with E-state index in [2.05, 4.69) is 10.6 Å². The zero-order valence-electron chi connectivity index (χ0n) is 12.0. The molecule has 0 radical (unpaired) electrons. The van der Waals surface area contributed by atoms with Crippen LogP contribution < -0.4 is 10.6 Å². The van der Waals surface area contributed by atoms with Crippen molar-refractivity contribution in [3.05, 3.63) is 29.3 Å². The smallest absolute Gasteiger partial charge is 0.313 e. The molecular weight excluding hydrogens is 240 g/mol. The highest BCUT2D eigenvalue weighted by molar-refractivity contribution is 6.39. The second-order valence-corrected chi connectivity index (χ2v) is 4.74. The number of carbonyl (C=O) groups is 2. The fourth-order valence-electron chi connectivity index (χ4n) is 1.90. The number of anilines is 1. The number of para-hydroxylation sites is 1. The monoisotopic (exact) mass is 262 g/mol. The minimum atomic E-state index is -0.607. The number of aryl methyl sites for hydroxylation is 2. The maximum absolute atomic E-state index is 11.9. The van der Waals surface area contributed by atoms with Crippen molar-refractivity contribution in [1.29, 1.82) is 0 Å². The van der Waals surface area contributed by atoms with Crippen LogP contribution in [0.3, 0.4) is 0 Å². The van der Waals surface area contributed by atoms with Crippen LogP contribution in [0.15, 0.2) is 18.2 Å². The van der Waals surface area contributed by atoms with Gasteiger partial charge in [-0.3, -0.25) is 9.59 Å². The van der Waals surface area contributed by atoms with Crippen LogP contribution in [-0.2, 0) is 22.4 Å². The van der Waals surface area contributed by atoms with Crippen molar-refractivity contribution < 1.29 is 9.59 Å². The first kappa shape index (κ1) is 15.2. The van der Waals surface area contributed by atoms with E-state index in [9.17, 15) is 9.59 Å². The highest BCUT2D eigenvalue weighted by atomic mass is 16.2. The fourth-order valence-corrected chi connectivity index (χ4v) is 1.90. The summed E-state index contributed by atoms with van der Waals surface area (Å²) in [6.45, 7) is 7.70. The Balaban J connectivity index is 2.92. The van der Waals surface area contributed by atoms with E-state index in [0.29, 0.717) is 0 Å². The molecule has 104 valence electrons. The van der Waals surface area contributed by atoms with Crippen molar-refractivity contribution in [2.24, 2.45) is 0 Å². The van der Waals surface area contributed by atoms with Crippen molar-refractivity contribution in [2.75, 3.05) is 5.32 Å². The zero-order valence-corrected chi connectivity index (χ0v) is 12.0. The number of hydrogen-bond acceptors (Lipinski definition) is 2. The Morgan fingerprint density at radius 2 is 1.58 bits per heavy atom. The van der Waals surface area contributed by atoms with E-state index < -0.39 is 11.8 Å². The molecule has 4 nitrogen and oxygen atoms in total. The lowest BCUT2D eigenvalue weighted by atomic mass is 10.0. The number of hydrogen-bond donors (Lipinski definition) is 2. The van der Waals surface area contributed by atoms with E-state index in [1.165, 1.54) is 0 Å². The van der Waals surface area contributed by atoms with Gasteiger partial charge in [-0.2, -0.15) is 0 Å². The molecule has 2 amide bonds. The molecule has 0 unspecified atom stereocenters. The van der Waals surface area contributed by atoms with Gasteiger partial charge in [0.15, 0.2) is 0 Å². The van der Waals surface area contributed by atoms with Crippen molar-refractivity contribution in [2.45, 2.75) is 46.6 Å². The van der Waals surface area contributed by atoms with Crippen molar-refractivity contribution in [1.82, 2.24) is 5.32 Å². The lowest BCUT2D eigenvalue weighted by molar-refractivity contribution is -0.136. The largest absolute Gasteiger partial charge is 0.346 e. The second-order valence-electron chi connectivity index (χ2n) is 4.74. The molecule has 0 saturated carbocycles. The maximum Gasteiger partial charge on any atom is 0.313 e. The van der Waals surface area contributed by atoms with Gasteiger partial charge >= 0.3 is 11.8 Å². The molecule has 1 rings (SSSR count). The van der Waals surface area contributed by atoms with Crippen LogP contribution in [0, 0.1) is 0 Å². The predicted molar refractivity (Wildman–Crippen MR) is 77.1 cm³/mol. The van der Waals surface area contributed by atoms with Crippen LogP contribution >= 0.6 is 0 Å². The molecule has 0 aliphatic carbocycles. The standard InChI is InChI=1S/C15H22N2O2/c1-5-11-8-7-9-12(6-2)13(11)17-15(19)14(18)16-10(3)4/h7-10H,5-6H2,1-4H3,(H,16,18)(H,17,19). The topological polar surface area (TPSA) is 58.2 Å². The minimum absolute atomic E-state index is 0.0506. The molecule has 1 aromatic rings. The van der Waals surface area contributed by atoms with E-state index in [1.54, 1.807) is 0 Å². The lowest BCUT2D eigenvalue weighted by Crippen LogP contribution is -2.39. The molecule has 0 aliphatic heterocycles. The number of rotatable bonds is 4. The summed E-state index contributed by atoms with van der Waals surface area (Å²) in [7, 11) is 0. The third-order valence-corrected chi connectivity index (χ3v) is 2.86. The van der Waals surface area contributed by atoms with Gasteiger partial charge in [-0.25, -0.2) is 0 Å². The molecule has 0 heterocycles. The Kier molecular flexibility index (Phi) is 5.55. The summed E-state index contributed by atoms with van der Waals surface area (Å²) < 4.78 is 0. The molecule has 1 aromatic carbocycles. The number of nitrogens with one attached hydrogen (secondary N) is 2. The molecule has 0 aromatic heterocycles. The molecule has 0 fully saturated rings. The van der Waals surface area contributed by atoms with E-state index >= 15 is 0 Å². The fraction of sp³-hybridized carbons (Fsp3) is 0.467. The number of carbonyl (C=O) groups excluding carboxylic acids is 2. The maximum atomic E-state index is 11.9. The van der Waals surface area contributed by atoms with E-state index in [-0.39, 0.29) is 6.04 Å². The average molecular weight is 262 g/mol. The van der Waals surface area contributed by atoms with Crippen LogP contribution in [0.1, 0.15) is 38.8 Å². The molecular formula is C15H22N2O2. The van der Waals surface area contributed by atoms with Crippen molar-refractivity contribution in [3.8, 4) is 0 Å². The number of amides is 2. The van der Waals surface area contributed by atoms with Gasteiger partial charge in [-0.05, 0) is 37.8 Å². The minimum Gasteiger partial charge on any atom is -0.346 e. The molecule has 2 N–H and O–H groups in total. The van der Waals surface area contributed by atoms with Gasteiger partial charge in [-0.1, -0.05) is 32.0 Å². The van der Waals surface area contributed by atoms with Crippen molar-refractivity contribution in [3.63, 3.8) is 0 Å². The average Bonchev–Trinajstić information content (AvgIpc) is 2.37. The molecule has 0 saturated heterocycles. The van der Waals surface area contributed by atoms with Crippen LogP contribution in [0.2, 0.25) is 0 Å². The zero-order chi connectivity index (χ0) is 14.4. The highest BCUT2D eigenvalue weighted by Crippen LogP contribution is 2.22. The quantitative estimate of drug-likeness (QED) is 0.818. The third-order valence-electron chi connectivity index (χ3n) is 2.86. The predicted octanol–water partition coefficient (Wildman–Crippen LogP) is 2.27. The van der Waals surface area contributed by atoms with E-state index in [4.69, 9.17) is 0 Å². The molecule has 0 spiro atoms. The SMILES string of the molecule is CCc1cccc(CC)c1NC(=O)C(=O)NC(C)C. The highest BCUT2D eigenvalue weighted by Gasteiger charge is 2.17. The van der Waals surface area contributed by atoms with E-state index in [0.717, 1.165) is 29.7 Å². The van der Waals surface area contributed by atoms with Gasteiger partial charge < -0.3 is 10.6 Å². The summed E-state index contributed by atoms with van der Waals surface area (Å²) in [5, 5.41) is 5.32. The normalized spacial score (nSPS) is 10.4. The Morgan fingerprint density at radius 3 is 2.00 bits per heavy atom. The molecule has 4 heteroatoms. The molecule has 0 aliphatic rings. The Hall–Kier alpha value is -1.84. The molecule has 0 atom stereocenters. The van der Waals surface area contributed by atoms with Crippen LogP contribution in [0.25, 0.3) is 0 Å². The summed E-state index contributed by atoms with van der Waals surface area (Å²) in [6, 6.07) is 5.86. The van der Waals surface area contributed by atoms with E-state index in [1.807, 2.05) is 45.9 Å². The van der Waals surface area contributed by atoms with Gasteiger partial charge in [0, 0.05) is 11.7 Å². The Morgan fingerprint density at radius 1 is 1.05 bits per heavy atom. The summed E-state index contributed by atoms with van der Waals surface area (Å²) in [4.78, 5) is 23.5. The van der Waals surface area contributed by atoms with Crippen LogP contribution in [0.5, 0.6) is 0 Å². The summed E-state index contributed by atoms with van der Waals surface area (Å²) >= 11 is 0. The third kappa shape index (κ3) is 4.09. The van der Waals surface area contributed by atoms with Gasteiger partial charge in [0.05, 0.1) is 0 Å². The summed E-state index contributed by atoms with van der Waals surface area (Å²) in [5.41, 5.74) is 2.87. The van der Waals surface area contributed by atoms with Crippen molar-refractivity contribution >= 4 is 17.5 Å². The molecule has 0 bridgehead atoms. The number of benzene rings is 1. The molecule has 19 heavy (non-hydrogen) atoms. The van der Waals surface area contributed by atoms with Gasteiger partial charge in [-0.15, -0.1) is 0 Å². The first-order valence-electron chi connectivity index (χ1n) is 6.72. The van der Waals surface area contributed by atoms with Crippen LogP contribution in [-0.4, -0.2) is 17.9 Å². The Bertz CT molecular complexity index is 445. The van der Waals surface area contributed by atoms with Crippen LogP contribution in [0.4, 0.5) is 5.69 Å². The summed E-state index contributed by atoms with van der Waals surface area (Å²) in [5.74, 6) is -1.20. The Labute approximate surface area is 114 Å². The van der Waals surface area contributed by atoms with Gasteiger partial charge in [0.25, 0.3) is 0 Å². The van der Waals surface area contributed by atoms with Gasteiger partial charge in [0.1, 0.15) is 0 Å².